The Bertz CT molecular complexity index is 328. The standard InChI is InChI=1S/C11H16N2O2/c1-3-8-5-9(11(14)15-4-2)7-10(6-8)13-12/h5-7,13H,3-4,12H2,1-2H3. The molecule has 0 aliphatic heterocycles. The molecule has 0 bridgehead atoms. The maximum absolute atomic E-state index is 11.5. The van der Waals surface area contributed by atoms with E-state index in [1.54, 1.807) is 13.0 Å². The number of nitrogens with one attached hydrogen (secondary N) is 1. The molecule has 3 N–H and O–H groups in total. The van der Waals surface area contributed by atoms with Gasteiger partial charge in [-0.15, -0.1) is 0 Å². The Morgan fingerprint density at radius 3 is 2.67 bits per heavy atom. The lowest BCUT2D eigenvalue weighted by Crippen LogP contribution is -2.10. The van der Waals surface area contributed by atoms with Gasteiger partial charge in [0, 0.05) is 5.69 Å². The van der Waals surface area contributed by atoms with Gasteiger partial charge in [-0.1, -0.05) is 6.92 Å². The highest BCUT2D eigenvalue weighted by Crippen LogP contribution is 2.15. The minimum Gasteiger partial charge on any atom is -0.462 e. The molecule has 1 aromatic carbocycles. The van der Waals surface area contributed by atoms with E-state index >= 15 is 0 Å². The molecule has 15 heavy (non-hydrogen) atoms. The molecule has 0 amide bonds. The predicted octanol–water partition coefficient (Wildman–Crippen LogP) is 1.71. The fraction of sp³-hybridized carbons (Fsp3) is 0.364. The Labute approximate surface area is 89.4 Å². The summed E-state index contributed by atoms with van der Waals surface area (Å²) >= 11 is 0. The maximum atomic E-state index is 11.5. The third-order valence-electron chi connectivity index (χ3n) is 2.08. The van der Waals surface area contributed by atoms with E-state index < -0.39 is 0 Å². The van der Waals surface area contributed by atoms with Crippen LogP contribution in [0.3, 0.4) is 0 Å². The van der Waals surface area contributed by atoms with Crippen LogP contribution >= 0.6 is 0 Å². The van der Waals surface area contributed by atoms with Crippen LogP contribution in [0.4, 0.5) is 5.69 Å². The van der Waals surface area contributed by atoms with Gasteiger partial charge in [-0.2, -0.15) is 0 Å². The van der Waals surface area contributed by atoms with Crippen molar-refractivity contribution in [3.05, 3.63) is 29.3 Å². The van der Waals surface area contributed by atoms with Gasteiger partial charge < -0.3 is 10.2 Å². The first kappa shape index (κ1) is 11.5. The summed E-state index contributed by atoms with van der Waals surface area (Å²) < 4.78 is 4.92. The van der Waals surface area contributed by atoms with Crippen LogP contribution in [0.15, 0.2) is 18.2 Å². The van der Waals surface area contributed by atoms with Gasteiger partial charge in [0.2, 0.25) is 0 Å². The molecule has 0 heterocycles. The monoisotopic (exact) mass is 208 g/mol. The minimum atomic E-state index is -0.315. The number of rotatable bonds is 4. The molecule has 1 rings (SSSR count). The lowest BCUT2D eigenvalue weighted by Gasteiger charge is -2.07. The van der Waals surface area contributed by atoms with Crippen molar-refractivity contribution in [2.24, 2.45) is 5.84 Å². The van der Waals surface area contributed by atoms with Crippen LogP contribution in [-0.4, -0.2) is 12.6 Å². The van der Waals surface area contributed by atoms with E-state index in [0.717, 1.165) is 17.7 Å². The highest BCUT2D eigenvalue weighted by atomic mass is 16.5. The van der Waals surface area contributed by atoms with Crippen molar-refractivity contribution in [2.75, 3.05) is 12.0 Å². The van der Waals surface area contributed by atoms with Gasteiger partial charge in [0.1, 0.15) is 0 Å². The number of ether oxygens (including phenoxy) is 1. The van der Waals surface area contributed by atoms with Crippen LogP contribution in [-0.2, 0) is 11.2 Å². The molecule has 0 fully saturated rings. The number of carbonyl (C=O) groups excluding carboxylic acids is 1. The number of anilines is 1. The molecule has 0 unspecified atom stereocenters. The summed E-state index contributed by atoms with van der Waals surface area (Å²) in [6.07, 6.45) is 0.849. The molecule has 0 saturated carbocycles. The summed E-state index contributed by atoms with van der Waals surface area (Å²) in [6.45, 7) is 4.18. The minimum absolute atomic E-state index is 0.315. The first-order chi connectivity index (χ1) is 7.21. The van der Waals surface area contributed by atoms with Crippen LogP contribution < -0.4 is 11.3 Å². The van der Waals surface area contributed by atoms with Crippen LogP contribution in [0.2, 0.25) is 0 Å². The molecule has 0 spiro atoms. The molecule has 4 nitrogen and oxygen atoms in total. The normalized spacial score (nSPS) is 9.80. The zero-order chi connectivity index (χ0) is 11.3. The van der Waals surface area contributed by atoms with E-state index in [2.05, 4.69) is 5.43 Å². The van der Waals surface area contributed by atoms with Crippen molar-refractivity contribution in [3.8, 4) is 0 Å². The SMILES string of the molecule is CCOC(=O)c1cc(CC)cc(NN)c1. The maximum Gasteiger partial charge on any atom is 0.338 e. The van der Waals surface area contributed by atoms with Crippen molar-refractivity contribution < 1.29 is 9.53 Å². The largest absolute Gasteiger partial charge is 0.462 e. The van der Waals surface area contributed by atoms with E-state index in [-0.39, 0.29) is 5.97 Å². The average Bonchev–Trinajstić information content (AvgIpc) is 2.28. The number of benzene rings is 1. The average molecular weight is 208 g/mol. The van der Waals surface area contributed by atoms with Gasteiger partial charge >= 0.3 is 5.97 Å². The zero-order valence-corrected chi connectivity index (χ0v) is 9.04. The summed E-state index contributed by atoms with van der Waals surface area (Å²) in [6, 6.07) is 5.40. The number of hydrogen-bond donors (Lipinski definition) is 2. The van der Waals surface area contributed by atoms with Crippen LogP contribution in [0.25, 0.3) is 0 Å². The van der Waals surface area contributed by atoms with E-state index in [1.165, 1.54) is 0 Å². The van der Waals surface area contributed by atoms with Gasteiger partial charge in [-0.3, -0.25) is 5.84 Å². The van der Waals surface area contributed by atoms with Crippen molar-refractivity contribution in [3.63, 3.8) is 0 Å². The number of nitrogen functional groups attached to an aromatic ring is 1. The number of nitrogens with two attached hydrogens (primary N) is 1. The second-order valence-corrected chi connectivity index (χ2v) is 3.14. The molecule has 82 valence electrons. The number of hydrogen-bond acceptors (Lipinski definition) is 4. The second-order valence-electron chi connectivity index (χ2n) is 3.14. The first-order valence-corrected chi connectivity index (χ1v) is 4.99. The molecule has 0 atom stereocenters. The molecular weight excluding hydrogens is 192 g/mol. The number of carbonyl (C=O) groups is 1. The first-order valence-electron chi connectivity index (χ1n) is 4.99. The zero-order valence-electron chi connectivity index (χ0n) is 9.04. The summed E-state index contributed by atoms with van der Waals surface area (Å²) in [5, 5.41) is 0. The molecule has 0 aliphatic rings. The van der Waals surface area contributed by atoms with Crippen molar-refractivity contribution in [1.82, 2.24) is 0 Å². The topological polar surface area (TPSA) is 64.3 Å². The van der Waals surface area contributed by atoms with Crippen molar-refractivity contribution >= 4 is 11.7 Å². The number of aryl methyl sites for hydroxylation is 1. The van der Waals surface area contributed by atoms with Crippen LogP contribution in [0, 0.1) is 0 Å². The van der Waals surface area contributed by atoms with Crippen LogP contribution in [0.5, 0.6) is 0 Å². The highest BCUT2D eigenvalue weighted by molar-refractivity contribution is 5.90. The lowest BCUT2D eigenvalue weighted by molar-refractivity contribution is 0.0526. The van der Waals surface area contributed by atoms with Crippen molar-refractivity contribution in [1.29, 1.82) is 0 Å². The lowest BCUT2D eigenvalue weighted by atomic mass is 10.1. The fourth-order valence-corrected chi connectivity index (χ4v) is 1.31. The Morgan fingerprint density at radius 2 is 2.13 bits per heavy atom. The van der Waals surface area contributed by atoms with Gasteiger partial charge in [-0.05, 0) is 37.1 Å². The molecule has 0 radical (unpaired) electrons. The fourth-order valence-electron chi connectivity index (χ4n) is 1.31. The van der Waals surface area contributed by atoms with Crippen molar-refractivity contribution in [2.45, 2.75) is 20.3 Å². The summed E-state index contributed by atoms with van der Waals surface area (Å²) in [7, 11) is 0. The van der Waals surface area contributed by atoms with Gasteiger partial charge in [0.15, 0.2) is 0 Å². The van der Waals surface area contributed by atoms with E-state index in [0.29, 0.717) is 12.2 Å². The highest BCUT2D eigenvalue weighted by Gasteiger charge is 2.08. The molecule has 4 heteroatoms. The Morgan fingerprint density at radius 1 is 1.40 bits per heavy atom. The van der Waals surface area contributed by atoms with E-state index in [9.17, 15) is 4.79 Å². The third-order valence-corrected chi connectivity index (χ3v) is 2.08. The molecule has 1 aromatic rings. The Balaban J connectivity index is 3.01. The Kier molecular flexibility index (Phi) is 4.12. The quantitative estimate of drug-likeness (QED) is 0.449. The summed E-state index contributed by atoms with van der Waals surface area (Å²) in [5.41, 5.74) is 4.83. The third kappa shape index (κ3) is 2.95. The number of esters is 1. The van der Waals surface area contributed by atoms with Crippen LogP contribution in [0.1, 0.15) is 29.8 Å². The summed E-state index contributed by atoms with van der Waals surface area (Å²) in [5.74, 6) is 5.00. The predicted molar refractivity (Wildman–Crippen MR) is 59.6 cm³/mol. The smallest absolute Gasteiger partial charge is 0.338 e. The van der Waals surface area contributed by atoms with E-state index in [1.807, 2.05) is 19.1 Å². The summed E-state index contributed by atoms with van der Waals surface area (Å²) in [4.78, 5) is 11.5. The van der Waals surface area contributed by atoms with E-state index in [4.69, 9.17) is 10.6 Å². The second kappa shape index (κ2) is 5.36. The van der Waals surface area contributed by atoms with Gasteiger partial charge in [-0.25, -0.2) is 4.79 Å². The molecule has 0 aliphatic carbocycles. The van der Waals surface area contributed by atoms with Gasteiger partial charge in [0.05, 0.1) is 12.2 Å². The molecule has 0 saturated heterocycles. The number of hydrazine groups is 1. The van der Waals surface area contributed by atoms with Gasteiger partial charge in [0.25, 0.3) is 0 Å². The molecular formula is C11H16N2O2. The Hall–Kier alpha value is -1.55. The molecule has 0 aromatic heterocycles.